The number of hydrogen-bond donors (Lipinski definition) is 1. The summed E-state index contributed by atoms with van der Waals surface area (Å²) in [4.78, 5) is 28.8. The molecule has 2 amide bonds. The van der Waals surface area contributed by atoms with Gasteiger partial charge in [0.1, 0.15) is 12.6 Å². The Labute approximate surface area is 230 Å². The maximum absolute atomic E-state index is 14.0. The first-order valence-corrected chi connectivity index (χ1v) is 14.6. The maximum atomic E-state index is 14.0. The quantitative estimate of drug-likeness (QED) is 0.377. The van der Waals surface area contributed by atoms with Crippen LogP contribution in [0.4, 0.5) is 5.69 Å². The number of aryl methyl sites for hydroxylation is 2. The van der Waals surface area contributed by atoms with E-state index in [-0.39, 0.29) is 18.9 Å². The minimum Gasteiger partial charge on any atom is -0.355 e. The van der Waals surface area contributed by atoms with Crippen molar-refractivity contribution in [1.29, 1.82) is 0 Å². The van der Waals surface area contributed by atoms with E-state index in [2.05, 4.69) is 5.32 Å². The standard InChI is InChI=1S/C29H34ClN3O4S/c1-5-31-29(35)26(18-23-14-7-6-8-15-23)32(19-24-16-9-10-17-25(24)30)27(34)20-33(38(4,36)37)28-21(2)12-11-13-22(28)3/h6-17,26H,5,18-20H2,1-4H3,(H,31,35)/t26-/m0/s1. The van der Waals surface area contributed by atoms with Crippen molar-refractivity contribution in [3.05, 3.63) is 100 Å². The van der Waals surface area contributed by atoms with Crippen molar-refractivity contribution < 1.29 is 18.0 Å². The third kappa shape index (κ3) is 7.36. The molecule has 3 aromatic rings. The fourth-order valence-corrected chi connectivity index (χ4v) is 5.59. The van der Waals surface area contributed by atoms with Gasteiger partial charge < -0.3 is 10.2 Å². The lowest BCUT2D eigenvalue weighted by molar-refractivity contribution is -0.140. The first kappa shape index (κ1) is 29.2. The number of anilines is 1. The molecule has 0 aromatic heterocycles. The molecule has 0 aliphatic carbocycles. The van der Waals surface area contributed by atoms with Crippen molar-refractivity contribution >= 4 is 39.1 Å². The monoisotopic (exact) mass is 555 g/mol. The molecule has 7 nitrogen and oxygen atoms in total. The fourth-order valence-electron chi connectivity index (χ4n) is 4.43. The number of amides is 2. The number of para-hydroxylation sites is 1. The second-order valence-electron chi connectivity index (χ2n) is 9.22. The van der Waals surface area contributed by atoms with Gasteiger partial charge >= 0.3 is 0 Å². The number of carbonyl (C=O) groups excluding carboxylic acids is 2. The van der Waals surface area contributed by atoms with Crippen LogP contribution in [-0.4, -0.2) is 50.5 Å². The molecule has 202 valence electrons. The van der Waals surface area contributed by atoms with E-state index in [1.54, 1.807) is 44.2 Å². The minimum absolute atomic E-state index is 0.0392. The maximum Gasteiger partial charge on any atom is 0.244 e. The molecule has 3 aromatic carbocycles. The molecule has 38 heavy (non-hydrogen) atoms. The molecular weight excluding hydrogens is 522 g/mol. The summed E-state index contributed by atoms with van der Waals surface area (Å²) in [7, 11) is -3.83. The Morgan fingerprint density at radius 2 is 1.53 bits per heavy atom. The highest BCUT2D eigenvalue weighted by Crippen LogP contribution is 2.28. The molecule has 3 rings (SSSR count). The number of halogens is 1. The predicted molar refractivity (Wildman–Crippen MR) is 153 cm³/mol. The zero-order valence-electron chi connectivity index (χ0n) is 22.1. The summed E-state index contributed by atoms with van der Waals surface area (Å²) >= 11 is 6.45. The third-order valence-electron chi connectivity index (χ3n) is 6.29. The zero-order valence-corrected chi connectivity index (χ0v) is 23.7. The van der Waals surface area contributed by atoms with E-state index in [4.69, 9.17) is 11.6 Å². The van der Waals surface area contributed by atoms with Gasteiger partial charge in [0.15, 0.2) is 0 Å². The number of nitrogens with zero attached hydrogens (tertiary/aromatic N) is 2. The Hall–Kier alpha value is -3.36. The Morgan fingerprint density at radius 3 is 2.11 bits per heavy atom. The number of nitrogens with one attached hydrogen (secondary N) is 1. The van der Waals surface area contributed by atoms with Crippen molar-refractivity contribution in [1.82, 2.24) is 10.2 Å². The molecule has 0 aliphatic heterocycles. The Balaban J connectivity index is 2.09. The van der Waals surface area contributed by atoms with Crippen LogP contribution in [0.25, 0.3) is 0 Å². The number of likely N-dealkylation sites (N-methyl/N-ethyl adjacent to an activating group) is 1. The summed E-state index contributed by atoms with van der Waals surface area (Å²) in [5.74, 6) is -0.833. The van der Waals surface area contributed by atoms with Crippen molar-refractivity contribution in [3.8, 4) is 0 Å². The molecule has 1 N–H and O–H groups in total. The average molecular weight is 556 g/mol. The fraction of sp³-hybridized carbons (Fsp3) is 0.310. The van der Waals surface area contributed by atoms with E-state index in [1.807, 2.05) is 49.4 Å². The summed E-state index contributed by atoms with van der Waals surface area (Å²) in [6.07, 6.45) is 1.33. The van der Waals surface area contributed by atoms with Crippen LogP contribution in [0.15, 0.2) is 72.8 Å². The number of hydrogen-bond acceptors (Lipinski definition) is 4. The van der Waals surface area contributed by atoms with E-state index in [1.165, 1.54) is 4.90 Å². The molecule has 0 heterocycles. The lowest BCUT2D eigenvalue weighted by atomic mass is 10.0. The van der Waals surface area contributed by atoms with Gasteiger partial charge in [-0.2, -0.15) is 0 Å². The van der Waals surface area contributed by atoms with Crippen LogP contribution in [0.3, 0.4) is 0 Å². The first-order chi connectivity index (χ1) is 18.0. The molecule has 0 aliphatic rings. The average Bonchev–Trinajstić information content (AvgIpc) is 2.86. The minimum atomic E-state index is -3.83. The molecule has 0 fully saturated rings. The van der Waals surface area contributed by atoms with Gasteiger partial charge in [0.25, 0.3) is 0 Å². The van der Waals surface area contributed by atoms with Gasteiger partial charge in [0.2, 0.25) is 21.8 Å². The van der Waals surface area contributed by atoms with Crippen LogP contribution in [-0.2, 0) is 32.6 Å². The highest BCUT2D eigenvalue weighted by atomic mass is 35.5. The summed E-state index contributed by atoms with van der Waals surface area (Å²) in [6, 6.07) is 21.1. The van der Waals surface area contributed by atoms with Gasteiger partial charge in [-0.1, -0.05) is 78.3 Å². The number of carbonyl (C=O) groups is 2. The van der Waals surface area contributed by atoms with Gasteiger partial charge in [-0.15, -0.1) is 0 Å². The predicted octanol–water partition coefficient (Wildman–Crippen LogP) is 4.50. The van der Waals surface area contributed by atoms with Gasteiger partial charge in [-0.05, 0) is 49.1 Å². The van der Waals surface area contributed by atoms with Crippen LogP contribution >= 0.6 is 11.6 Å². The van der Waals surface area contributed by atoms with Gasteiger partial charge in [0, 0.05) is 24.5 Å². The van der Waals surface area contributed by atoms with Crippen LogP contribution in [0.5, 0.6) is 0 Å². The SMILES string of the molecule is CCNC(=O)[C@H](Cc1ccccc1)N(Cc1ccccc1Cl)C(=O)CN(c1c(C)cccc1C)S(C)(=O)=O. The Kier molecular flexibility index (Phi) is 9.94. The summed E-state index contributed by atoms with van der Waals surface area (Å²) < 4.78 is 27.0. The summed E-state index contributed by atoms with van der Waals surface area (Å²) in [6.45, 7) is 5.39. The topological polar surface area (TPSA) is 86.8 Å². The Morgan fingerprint density at radius 1 is 0.921 bits per heavy atom. The van der Waals surface area contributed by atoms with Gasteiger partial charge in [-0.3, -0.25) is 13.9 Å². The molecule has 0 bridgehead atoms. The lowest BCUT2D eigenvalue weighted by Gasteiger charge is -2.34. The Bertz CT molecular complexity index is 1360. The number of rotatable bonds is 11. The molecule has 0 spiro atoms. The second kappa shape index (κ2) is 12.9. The van der Waals surface area contributed by atoms with Crippen LogP contribution in [0, 0.1) is 13.8 Å². The van der Waals surface area contributed by atoms with Gasteiger partial charge in [0.05, 0.1) is 11.9 Å². The highest BCUT2D eigenvalue weighted by molar-refractivity contribution is 7.92. The van der Waals surface area contributed by atoms with Crippen molar-refractivity contribution in [2.75, 3.05) is 23.7 Å². The van der Waals surface area contributed by atoms with E-state index in [0.29, 0.717) is 22.8 Å². The molecule has 0 saturated carbocycles. The second-order valence-corrected chi connectivity index (χ2v) is 11.5. The molecule has 0 unspecified atom stereocenters. The van der Waals surface area contributed by atoms with E-state index >= 15 is 0 Å². The molecular formula is C29H34ClN3O4S. The number of sulfonamides is 1. The smallest absolute Gasteiger partial charge is 0.244 e. The van der Waals surface area contributed by atoms with Crippen molar-refractivity contribution in [3.63, 3.8) is 0 Å². The summed E-state index contributed by atoms with van der Waals surface area (Å²) in [5.41, 5.74) is 3.44. The van der Waals surface area contributed by atoms with Crippen LogP contribution < -0.4 is 9.62 Å². The molecule has 9 heteroatoms. The summed E-state index contributed by atoms with van der Waals surface area (Å²) in [5, 5.41) is 3.29. The van der Waals surface area contributed by atoms with Gasteiger partial charge in [-0.25, -0.2) is 8.42 Å². The van der Waals surface area contributed by atoms with E-state index in [0.717, 1.165) is 27.3 Å². The normalized spacial score (nSPS) is 12.0. The zero-order chi connectivity index (χ0) is 27.9. The highest BCUT2D eigenvalue weighted by Gasteiger charge is 2.33. The van der Waals surface area contributed by atoms with Crippen LogP contribution in [0.2, 0.25) is 5.02 Å². The van der Waals surface area contributed by atoms with Crippen LogP contribution in [0.1, 0.15) is 29.2 Å². The molecule has 0 radical (unpaired) electrons. The van der Waals surface area contributed by atoms with Crippen molar-refractivity contribution in [2.45, 2.75) is 39.8 Å². The van der Waals surface area contributed by atoms with E-state index < -0.39 is 28.5 Å². The third-order valence-corrected chi connectivity index (χ3v) is 7.77. The van der Waals surface area contributed by atoms with E-state index in [9.17, 15) is 18.0 Å². The first-order valence-electron chi connectivity index (χ1n) is 12.4. The molecule has 1 atom stereocenters. The largest absolute Gasteiger partial charge is 0.355 e. The van der Waals surface area contributed by atoms with Crippen molar-refractivity contribution in [2.24, 2.45) is 0 Å². The lowest BCUT2D eigenvalue weighted by Crippen LogP contribution is -2.53. The number of benzene rings is 3. The molecule has 0 saturated heterocycles.